The number of carbonyl (C=O) groups excluding carboxylic acids is 1. The van der Waals surface area contributed by atoms with Crippen LogP contribution >= 0.6 is 0 Å². The number of carbonyl (C=O) groups is 1. The zero-order valence-corrected chi connectivity index (χ0v) is 19.0. The molecule has 1 N–H and O–H groups in total. The van der Waals surface area contributed by atoms with Gasteiger partial charge in [-0.25, -0.2) is 13.8 Å². The first-order valence-corrected chi connectivity index (χ1v) is 11.8. The lowest BCUT2D eigenvalue weighted by molar-refractivity contribution is -0.119. The Morgan fingerprint density at radius 3 is 2.12 bits per heavy atom. The van der Waals surface area contributed by atoms with Crippen LogP contribution in [-0.4, -0.2) is 32.8 Å². The molecule has 0 aliphatic carbocycles. The highest BCUT2D eigenvalue weighted by atomic mass is 32.2. The Kier molecular flexibility index (Phi) is 7.27. The van der Waals surface area contributed by atoms with E-state index in [0.717, 1.165) is 21.7 Å². The van der Waals surface area contributed by atoms with Gasteiger partial charge < -0.3 is 4.74 Å². The summed E-state index contributed by atoms with van der Waals surface area (Å²) < 4.78 is 31.4. The molecule has 3 rings (SSSR count). The van der Waals surface area contributed by atoms with Gasteiger partial charge in [0.05, 0.1) is 17.7 Å². The summed E-state index contributed by atoms with van der Waals surface area (Å²) in [7, 11) is -3.70. The van der Waals surface area contributed by atoms with Gasteiger partial charge >= 0.3 is 0 Å². The first-order valence-electron chi connectivity index (χ1n) is 9.93. The second-order valence-electron chi connectivity index (χ2n) is 7.28. The van der Waals surface area contributed by atoms with E-state index < -0.39 is 22.5 Å². The Morgan fingerprint density at radius 1 is 0.938 bits per heavy atom. The number of amides is 1. The van der Waals surface area contributed by atoms with E-state index in [0.29, 0.717) is 22.9 Å². The van der Waals surface area contributed by atoms with Crippen LogP contribution in [0.4, 0.5) is 5.69 Å². The maximum absolute atomic E-state index is 12.4. The number of hydrazone groups is 1. The number of hydrogen-bond acceptors (Lipinski definition) is 5. The molecule has 0 radical (unpaired) electrons. The molecule has 0 spiro atoms. The Hall–Kier alpha value is -3.65. The summed E-state index contributed by atoms with van der Waals surface area (Å²) in [6, 6.07) is 23.4. The van der Waals surface area contributed by atoms with Gasteiger partial charge in [-0.3, -0.25) is 9.10 Å². The van der Waals surface area contributed by atoms with Crippen LogP contribution in [0.15, 0.2) is 84.0 Å². The summed E-state index contributed by atoms with van der Waals surface area (Å²) in [6.45, 7) is 3.35. The lowest BCUT2D eigenvalue weighted by atomic mass is 10.1. The molecule has 1 amide bonds. The fourth-order valence-corrected chi connectivity index (χ4v) is 3.73. The predicted octanol–water partition coefficient (Wildman–Crippen LogP) is 4.09. The zero-order chi connectivity index (χ0) is 23.1. The van der Waals surface area contributed by atoms with Crippen molar-refractivity contribution in [3.63, 3.8) is 0 Å². The van der Waals surface area contributed by atoms with Crippen molar-refractivity contribution in [2.75, 3.05) is 17.1 Å². The van der Waals surface area contributed by atoms with Gasteiger partial charge in [0.1, 0.15) is 18.0 Å². The molecule has 0 aliphatic rings. The van der Waals surface area contributed by atoms with Crippen LogP contribution in [-0.2, 0) is 14.8 Å². The normalized spacial score (nSPS) is 11.7. The maximum atomic E-state index is 12.4. The maximum Gasteiger partial charge on any atom is 0.260 e. The van der Waals surface area contributed by atoms with Crippen LogP contribution in [0.1, 0.15) is 18.1 Å². The molecule has 3 aromatic rings. The van der Waals surface area contributed by atoms with E-state index >= 15 is 0 Å². The van der Waals surface area contributed by atoms with Gasteiger partial charge in [0.2, 0.25) is 10.0 Å². The topological polar surface area (TPSA) is 88.1 Å². The molecular formula is C24H25N3O4S. The van der Waals surface area contributed by atoms with Crippen molar-refractivity contribution >= 4 is 27.3 Å². The van der Waals surface area contributed by atoms with Crippen molar-refractivity contribution in [3.8, 4) is 11.5 Å². The summed E-state index contributed by atoms with van der Waals surface area (Å²) in [4.78, 5) is 12.4. The van der Waals surface area contributed by atoms with Crippen LogP contribution in [0, 0.1) is 6.92 Å². The third kappa shape index (κ3) is 6.42. The van der Waals surface area contributed by atoms with Crippen LogP contribution in [0.25, 0.3) is 0 Å². The molecule has 32 heavy (non-hydrogen) atoms. The SMILES string of the molecule is C/C(=N\NC(=O)CN(c1ccc(Oc2ccccc2)cc1)S(C)(=O)=O)c1ccc(C)cc1. The van der Waals surface area contributed by atoms with Crippen LogP contribution < -0.4 is 14.5 Å². The highest BCUT2D eigenvalue weighted by Gasteiger charge is 2.21. The van der Waals surface area contributed by atoms with Gasteiger partial charge in [-0.05, 0) is 55.8 Å². The number of hydrogen-bond donors (Lipinski definition) is 1. The van der Waals surface area contributed by atoms with Gasteiger partial charge in [-0.2, -0.15) is 5.10 Å². The molecule has 0 heterocycles. The summed E-state index contributed by atoms with van der Waals surface area (Å²) >= 11 is 0. The number of benzene rings is 3. The second kappa shape index (κ2) is 10.1. The summed E-state index contributed by atoms with van der Waals surface area (Å²) in [5.74, 6) is 0.670. The number of aryl methyl sites for hydroxylation is 1. The minimum atomic E-state index is -3.70. The lowest BCUT2D eigenvalue weighted by Gasteiger charge is -2.21. The summed E-state index contributed by atoms with van der Waals surface area (Å²) in [5.41, 5.74) is 5.38. The molecular weight excluding hydrogens is 426 g/mol. The van der Waals surface area contributed by atoms with E-state index in [1.807, 2.05) is 61.5 Å². The van der Waals surface area contributed by atoms with E-state index in [1.165, 1.54) is 0 Å². The highest BCUT2D eigenvalue weighted by Crippen LogP contribution is 2.25. The predicted molar refractivity (Wildman–Crippen MR) is 127 cm³/mol. The largest absolute Gasteiger partial charge is 0.457 e. The third-order valence-corrected chi connectivity index (χ3v) is 5.75. The van der Waals surface area contributed by atoms with Crippen molar-refractivity contribution in [2.45, 2.75) is 13.8 Å². The molecule has 7 nitrogen and oxygen atoms in total. The summed E-state index contributed by atoms with van der Waals surface area (Å²) in [6.07, 6.45) is 1.05. The molecule has 0 aliphatic heterocycles. The van der Waals surface area contributed by atoms with E-state index in [-0.39, 0.29) is 0 Å². The second-order valence-corrected chi connectivity index (χ2v) is 9.18. The molecule has 0 fully saturated rings. The van der Waals surface area contributed by atoms with Crippen LogP contribution in [0.5, 0.6) is 11.5 Å². The Bertz CT molecular complexity index is 1190. The van der Waals surface area contributed by atoms with Gasteiger partial charge in [0.15, 0.2) is 0 Å². The van der Waals surface area contributed by atoms with E-state index in [1.54, 1.807) is 31.2 Å². The van der Waals surface area contributed by atoms with E-state index in [9.17, 15) is 13.2 Å². The fraction of sp³-hybridized carbons (Fsp3) is 0.167. The molecule has 3 aromatic carbocycles. The third-order valence-electron chi connectivity index (χ3n) is 4.61. The molecule has 0 saturated carbocycles. The van der Waals surface area contributed by atoms with Crippen molar-refractivity contribution in [3.05, 3.63) is 90.0 Å². The first kappa shape index (κ1) is 23.0. The molecule has 0 bridgehead atoms. The molecule has 0 unspecified atom stereocenters. The van der Waals surface area contributed by atoms with Crippen molar-refractivity contribution in [1.29, 1.82) is 0 Å². The van der Waals surface area contributed by atoms with Crippen LogP contribution in [0.2, 0.25) is 0 Å². The van der Waals surface area contributed by atoms with Crippen molar-refractivity contribution < 1.29 is 17.9 Å². The van der Waals surface area contributed by atoms with Gasteiger partial charge in [0, 0.05) is 0 Å². The average molecular weight is 452 g/mol. The lowest BCUT2D eigenvalue weighted by Crippen LogP contribution is -2.39. The number of nitrogens with zero attached hydrogens (tertiary/aromatic N) is 2. The highest BCUT2D eigenvalue weighted by molar-refractivity contribution is 7.92. The average Bonchev–Trinajstić information content (AvgIpc) is 2.77. The molecule has 8 heteroatoms. The Labute approximate surface area is 188 Å². The van der Waals surface area contributed by atoms with E-state index in [4.69, 9.17) is 4.74 Å². The van der Waals surface area contributed by atoms with Crippen LogP contribution in [0.3, 0.4) is 0 Å². The number of ether oxygens (including phenoxy) is 1. The fourth-order valence-electron chi connectivity index (χ4n) is 2.88. The van der Waals surface area contributed by atoms with Gasteiger partial charge in [-0.15, -0.1) is 0 Å². The number of rotatable bonds is 8. The Balaban J connectivity index is 1.69. The monoisotopic (exact) mass is 451 g/mol. The standard InChI is InChI=1S/C24H25N3O4S/c1-18-9-11-20(12-10-18)19(2)25-26-24(28)17-27(32(3,29)30)21-13-15-23(16-14-21)31-22-7-5-4-6-8-22/h4-16H,17H2,1-3H3,(H,26,28)/b25-19+. The molecule has 0 saturated heterocycles. The number of sulfonamides is 1. The first-order chi connectivity index (χ1) is 15.2. The minimum Gasteiger partial charge on any atom is -0.457 e. The molecule has 0 atom stereocenters. The summed E-state index contributed by atoms with van der Waals surface area (Å²) in [5, 5.41) is 4.09. The van der Waals surface area contributed by atoms with Gasteiger partial charge in [-0.1, -0.05) is 48.0 Å². The number of para-hydroxylation sites is 1. The van der Waals surface area contributed by atoms with Crippen molar-refractivity contribution in [2.24, 2.45) is 5.10 Å². The number of anilines is 1. The molecule has 166 valence electrons. The van der Waals surface area contributed by atoms with Gasteiger partial charge in [0.25, 0.3) is 5.91 Å². The minimum absolute atomic E-state index is 0.349. The molecule has 0 aromatic heterocycles. The van der Waals surface area contributed by atoms with Crippen molar-refractivity contribution in [1.82, 2.24) is 5.43 Å². The van der Waals surface area contributed by atoms with E-state index in [2.05, 4.69) is 10.5 Å². The smallest absolute Gasteiger partial charge is 0.260 e. The quantitative estimate of drug-likeness (QED) is 0.413. The number of nitrogens with one attached hydrogen (secondary N) is 1. The Morgan fingerprint density at radius 2 is 1.53 bits per heavy atom. The zero-order valence-electron chi connectivity index (χ0n) is 18.1.